The fourth-order valence-corrected chi connectivity index (χ4v) is 2.10. The first-order chi connectivity index (χ1) is 10.3. The van der Waals surface area contributed by atoms with Crippen molar-refractivity contribution in [1.29, 1.82) is 0 Å². The van der Waals surface area contributed by atoms with Crippen molar-refractivity contribution >= 4 is 16.9 Å². The lowest BCUT2D eigenvalue weighted by Crippen LogP contribution is -2.22. The molecule has 0 aliphatic rings. The van der Waals surface area contributed by atoms with Gasteiger partial charge in [0.25, 0.3) is 5.91 Å². The Hall–Kier alpha value is -2.82. The average Bonchev–Trinajstić information content (AvgIpc) is 2.97. The Labute approximate surface area is 122 Å². The number of hydrogen-bond acceptors (Lipinski definition) is 3. The van der Waals surface area contributed by atoms with Crippen LogP contribution >= 0.6 is 0 Å². The summed E-state index contributed by atoms with van der Waals surface area (Å²) in [4.78, 5) is 19.4. The highest BCUT2D eigenvalue weighted by Gasteiger charge is 2.09. The summed E-state index contributed by atoms with van der Waals surface area (Å²) in [7, 11) is 1.63. The number of pyridine rings is 1. The minimum absolute atomic E-state index is 0.149. The number of aromatic nitrogens is 2. The van der Waals surface area contributed by atoms with E-state index < -0.39 is 0 Å². The summed E-state index contributed by atoms with van der Waals surface area (Å²) < 4.78 is 5.10. The van der Waals surface area contributed by atoms with Crippen LogP contribution in [0.4, 0.5) is 0 Å². The van der Waals surface area contributed by atoms with Gasteiger partial charge in [0.05, 0.1) is 18.1 Å². The molecule has 3 rings (SSSR count). The van der Waals surface area contributed by atoms with Gasteiger partial charge in [0.15, 0.2) is 0 Å². The number of amides is 1. The normalized spacial score (nSPS) is 10.5. The van der Waals surface area contributed by atoms with Crippen molar-refractivity contribution in [1.82, 2.24) is 15.3 Å². The fourth-order valence-electron chi connectivity index (χ4n) is 2.10. The molecule has 2 heterocycles. The summed E-state index contributed by atoms with van der Waals surface area (Å²) in [6.07, 6.45) is 1.70. The fraction of sp³-hybridized carbons (Fsp3) is 0.125. The topological polar surface area (TPSA) is 67.0 Å². The van der Waals surface area contributed by atoms with Gasteiger partial charge in [-0.25, -0.2) is 0 Å². The number of nitrogens with one attached hydrogen (secondary N) is 2. The Balaban J connectivity index is 1.68. The zero-order chi connectivity index (χ0) is 14.7. The van der Waals surface area contributed by atoms with Crippen LogP contribution < -0.4 is 10.1 Å². The van der Waals surface area contributed by atoms with Crippen molar-refractivity contribution in [3.05, 3.63) is 59.9 Å². The van der Waals surface area contributed by atoms with Crippen LogP contribution in [0.5, 0.6) is 5.75 Å². The number of H-pyrrole nitrogens is 1. The van der Waals surface area contributed by atoms with Crippen LogP contribution in [-0.4, -0.2) is 23.0 Å². The van der Waals surface area contributed by atoms with Crippen LogP contribution in [0.2, 0.25) is 0 Å². The molecule has 5 heteroatoms. The van der Waals surface area contributed by atoms with E-state index >= 15 is 0 Å². The van der Waals surface area contributed by atoms with Gasteiger partial charge in [0.1, 0.15) is 11.4 Å². The lowest BCUT2D eigenvalue weighted by atomic mass is 10.2. The van der Waals surface area contributed by atoms with Crippen LogP contribution in [0.15, 0.2) is 48.7 Å². The first kappa shape index (κ1) is 13.2. The molecule has 0 fully saturated rings. The maximum absolute atomic E-state index is 12.1. The molecule has 5 nitrogen and oxygen atoms in total. The Morgan fingerprint density at radius 3 is 2.81 bits per heavy atom. The summed E-state index contributed by atoms with van der Waals surface area (Å²) in [6.45, 7) is 0.464. The molecule has 0 bridgehead atoms. The van der Waals surface area contributed by atoms with E-state index in [2.05, 4.69) is 15.3 Å². The van der Waals surface area contributed by atoms with Crippen molar-refractivity contribution in [2.45, 2.75) is 6.54 Å². The third kappa shape index (κ3) is 2.86. The lowest BCUT2D eigenvalue weighted by Gasteiger charge is -2.05. The maximum atomic E-state index is 12.1. The van der Waals surface area contributed by atoms with E-state index in [0.717, 1.165) is 22.3 Å². The van der Waals surface area contributed by atoms with Crippen LogP contribution in [0, 0.1) is 0 Å². The molecule has 1 amide bonds. The number of methoxy groups -OCH3 is 1. The van der Waals surface area contributed by atoms with E-state index in [1.54, 1.807) is 19.4 Å². The van der Waals surface area contributed by atoms with E-state index in [0.29, 0.717) is 12.2 Å². The zero-order valence-electron chi connectivity index (χ0n) is 11.6. The number of nitrogens with zero attached hydrogens (tertiary/aromatic N) is 1. The number of fused-ring (bicyclic) bond motifs is 1. The van der Waals surface area contributed by atoms with E-state index in [1.807, 2.05) is 36.4 Å². The largest absolute Gasteiger partial charge is 0.497 e. The molecule has 21 heavy (non-hydrogen) atoms. The van der Waals surface area contributed by atoms with Crippen molar-refractivity contribution in [3.63, 3.8) is 0 Å². The third-order valence-corrected chi connectivity index (χ3v) is 3.25. The Bertz CT molecular complexity index is 730. The molecule has 0 saturated carbocycles. The second-order valence-corrected chi connectivity index (χ2v) is 4.65. The number of hydrogen-bond donors (Lipinski definition) is 2. The van der Waals surface area contributed by atoms with Crippen molar-refractivity contribution in [3.8, 4) is 5.75 Å². The van der Waals surface area contributed by atoms with Gasteiger partial charge >= 0.3 is 0 Å². The SMILES string of the molecule is COc1ccc(CNC(=O)c2cc3ncccc3[nH]2)cc1. The van der Waals surface area contributed by atoms with Crippen LogP contribution in [0.25, 0.3) is 11.0 Å². The van der Waals surface area contributed by atoms with E-state index in [9.17, 15) is 4.79 Å². The van der Waals surface area contributed by atoms with Gasteiger partial charge in [-0.1, -0.05) is 12.1 Å². The van der Waals surface area contributed by atoms with E-state index in [-0.39, 0.29) is 5.91 Å². The first-order valence-electron chi connectivity index (χ1n) is 6.61. The zero-order valence-corrected chi connectivity index (χ0v) is 11.6. The number of aromatic amines is 1. The van der Waals surface area contributed by atoms with Crippen molar-refractivity contribution < 1.29 is 9.53 Å². The van der Waals surface area contributed by atoms with Gasteiger partial charge in [-0.05, 0) is 35.9 Å². The molecule has 0 aliphatic carbocycles. The van der Waals surface area contributed by atoms with E-state index in [1.165, 1.54) is 0 Å². The molecule has 0 atom stereocenters. The van der Waals surface area contributed by atoms with Gasteiger partial charge in [-0.2, -0.15) is 0 Å². The number of carbonyl (C=O) groups excluding carboxylic acids is 1. The minimum atomic E-state index is -0.149. The molecule has 3 aromatic rings. The molecule has 0 saturated heterocycles. The second-order valence-electron chi connectivity index (χ2n) is 4.65. The first-order valence-corrected chi connectivity index (χ1v) is 6.61. The standard InChI is InChI=1S/C16H15N3O2/c1-21-12-6-4-11(5-7-12)10-18-16(20)15-9-14-13(19-15)3-2-8-17-14/h2-9,19H,10H2,1H3,(H,18,20). The van der Waals surface area contributed by atoms with Crippen LogP contribution in [-0.2, 0) is 6.54 Å². The molecule has 0 spiro atoms. The number of benzene rings is 1. The van der Waals surface area contributed by atoms with Gasteiger partial charge in [0.2, 0.25) is 0 Å². The molecule has 0 unspecified atom stereocenters. The Morgan fingerprint density at radius 2 is 2.10 bits per heavy atom. The van der Waals surface area contributed by atoms with Gasteiger partial charge < -0.3 is 15.0 Å². The predicted molar refractivity (Wildman–Crippen MR) is 80.3 cm³/mol. The number of ether oxygens (including phenoxy) is 1. The summed E-state index contributed by atoms with van der Waals surface area (Å²) in [5.74, 6) is 0.649. The maximum Gasteiger partial charge on any atom is 0.268 e. The van der Waals surface area contributed by atoms with Crippen LogP contribution in [0.1, 0.15) is 16.1 Å². The molecule has 1 aromatic carbocycles. The molecular formula is C16H15N3O2. The molecule has 0 radical (unpaired) electrons. The minimum Gasteiger partial charge on any atom is -0.497 e. The summed E-state index contributed by atoms with van der Waals surface area (Å²) >= 11 is 0. The average molecular weight is 281 g/mol. The second kappa shape index (κ2) is 5.66. The lowest BCUT2D eigenvalue weighted by molar-refractivity contribution is 0.0947. The summed E-state index contributed by atoms with van der Waals surface area (Å²) in [6, 6.07) is 13.1. The summed E-state index contributed by atoms with van der Waals surface area (Å²) in [5.41, 5.74) is 3.16. The molecular weight excluding hydrogens is 266 g/mol. The molecule has 2 aromatic heterocycles. The van der Waals surface area contributed by atoms with Gasteiger partial charge in [-0.15, -0.1) is 0 Å². The quantitative estimate of drug-likeness (QED) is 0.772. The van der Waals surface area contributed by atoms with E-state index in [4.69, 9.17) is 4.74 Å². The smallest absolute Gasteiger partial charge is 0.268 e. The predicted octanol–water partition coefficient (Wildman–Crippen LogP) is 2.50. The monoisotopic (exact) mass is 281 g/mol. The molecule has 2 N–H and O–H groups in total. The van der Waals surface area contributed by atoms with Gasteiger partial charge in [-0.3, -0.25) is 9.78 Å². The highest BCUT2D eigenvalue weighted by Crippen LogP contribution is 2.13. The van der Waals surface area contributed by atoms with Gasteiger partial charge in [0, 0.05) is 12.7 Å². The highest BCUT2D eigenvalue weighted by molar-refractivity contribution is 5.96. The van der Waals surface area contributed by atoms with Crippen molar-refractivity contribution in [2.24, 2.45) is 0 Å². The molecule has 0 aliphatic heterocycles. The number of carbonyl (C=O) groups is 1. The molecule has 106 valence electrons. The number of rotatable bonds is 4. The Kier molecular flexibility index (Phi) is 3.55. The summed E-state index contributed by atoms with van der Waals surface area (Å²) in [5, 5.41) is 2.87. The Morgan fingerprint density at radius 1 is 1.29 bits per heavy atom. The highest BCUT2D eigenvalue weighted by atomic mass is 16.5. The van der Waals surface area contributed by atoms with Crippen molar-refractivity contribution in [2.75, 3.05) is 7.11 Å². The third-order valence-electron chi connectivity index (χ3n) is 3.25. The van der Waals surface area contributed by atoms with Crippen LogP contribution in [0.3, 0.4) is 0 Å².